The normalized spacial score (nSPS) is 24.2. The number of thioether (sulfide) groups is 1. The third-order valence-corrected chi connectivity index (χ3v) is 3.18. The maximum absolute atomic E-state index is 4.31. The van der Waals surface area contributed by atoms with Gasteiger partial charge >= 0.3 is 0 Å². The van der Waals surface area contributed by atoms with Gasteiger partial charge in [-0.1, -0.05) is 0 Å². The fraction of sp³-hybridized carbons (Fsp3) is 0.625. The Kier molecular flexibility index (Phi) is 2.37. The van der Waals surface area contributed by atoms with Crippen molar-refractivity contribution in [2.45, 2.75) is 13.0 Å². The van der Waals surface area contributed by atoms with Crippen LogP contribution in [0.2, 0.25) is 0 Å². The van der Waals surface area contributed by atoms with Crippen molar-refractivity contribution in [2.75, 3.05) is 18.1 Å². The Hall–Kier alpha value is -0.480. The highest BCUT2D eigenvalue weighted by Crippen LogP contribution is 2.21. The van der Waals surface area contributed by atoms with Crippen molar-refractivity contribution in [3.8, 4) is 0 Å². The molecule has 0 radical (unpaired) electrons. The summed E-state index contributed by atoms with van der Waals surface area (Å²) in [5, 5.41) is 3.46. The summed E-state index contributed by atoms with van der Waals surface area (Å²) in [5.41, 5.74) is 2.37. The molecule has 0 aromatic carbocycles. The molecule has 1 saturated heterocycles. The van der Waals surface area contributed by atoms with Crippen LogP contribution in [0.15, 0.2) is 6.33 Å². The van der Waals surface area contributed by atoms with Crippen molar-refractivity contribution in [1.29, 1.82) is 0 Å². The predicted molar refractivity (Wildman–Crippen MR) is 51.4 cm³/mol. The van der Waals surface area contributed by atoms with Gasteiger partial charge in [0.15, 0.2) is 0 Å². The second-order valence-electron chi connectivity index (χ2n) is 2.99. The molecule has 0 spiro atoms. The summed E-state index contributed by atoms with van der Waals surface area (Å²) >= 11 is 1.99. The van der Waals surface area contributed by atoms with Gasteiger partial charge in [0.1, 0.15) is 0 Å². The molecule has 1 aliphatic heterocycles. The average Bonchev–Trinajstić information content (AvgIpc) is 2.53. The Bertz CT molecular complexity index is 253. The van der Waals surface area contributed by atoms with Crippen LogP contribution in [0.25, 0.3) is 0 Å². The Labute approximate surface area is 76.4 Å². The fourth-order valence-electron chi connectivity index (χ4n) is 1.46. The van der Waals surface area contributed by atoms with Crippen molar-refractivity contribution in [3.63, 3.8) is 0 Å². The molecule has 2 heterocycles. The van der Waals surface area contributed by atoms with Gasteiger partial charge in [0.2, 0.25) is 0 Å². The quantitative estimate of drug-likeness (QED) is 0.685. The van der Waals surface area contributed by atoms with Crippen LogP contribution in [-0.2, 0) is 0 Å². The van der Waals surface area contributed by atoms with Crippen molar-refractivity contribution in [1.82, 2.24) is 15.3 Å². The van der Waals surface area contributed by atoms with E-state index in [4.69, 9.17) is 0 Å². The second-order valence-corrected chi connectivity index (χ2v) is 4.14. The Morgan fingerprint density at radius 2 is 2.58 bits per heavy atom. The van der Waals surface area contributed by atoms with Gasteiger partial charge in [-0.05, 0) is 6.92 Å². The fourth-order valence-corrected chi connectivity index (χ4v) is 2.40. The van der Waals surface area contributed by atoms with Crippen LogP contribution in [0.1, 0.15) is 17.4 Å². The van der Waals surface area contributed by atoms with Crippen molar-refractivity contribution in [3.05, 3.63) is 17.7 Å². The second kappa shape index (κ2) is 3.49. The van der Waals surface area contributed by atoms with E-state index in [9.17, 15) is 0 Å². The monoisotopic (exact) mass is 183 g/mol. The van der Waals surface area contributed by atoms with Gasteiger partial charge in [0, 0.05) is 23.7 Å². The number of aromatic nitrogens is 2. The number of rotatable bonds is 1. The first-order valence-corrected chi connectivity index (χ1v) is 5.34. The number of imidazole rings is 1. The molecule has 0 saturated carbocycles. The first-order valence-electron chi connectivity index (χ1n) is 4.19. The van der Waals surface area contributed by atoms with E-state index in [-0.39, 0.29) is 0 Å². The highest BCUT2D eigenvalue weighted by molar-refractivity contribution is 7.99. The molecule has 66 valence electrons. The molecule has 1 atom stereocenters. The zero-order chi connectivity index (χ0) is 8.39. The molecule has 0 bridgehead atoms. The lowest BCUT2D eigenvalue weighted by atomic mass is 10.2. The van der Waals surface area contributed by atoms with Gasteiger partial charge in [-0.25, -0.2) is 4.98 Å². The molecule has 1 fully saturated rings. The number of hydrogen-bond donors (Lipinski definition) is 2. The highest BCUT2D eigenvalue weighted by atomic mass is 32.2. The SMILES string of the molecule is Cc1[nH]cnc1C1CSCCN1. The third-order valence-electron chi connectivity index (χ3n) is 2.12. The van der Waals surface area contributed by atoms with Crippen LogP contribution in [0.3, 0.4) is 0 Å². The van der Waals surface area contributed by atoms with E-state index < -0.39 is 0 Å². The molecule has 2 N–H and O–H groups in total. The summed E-state index contributed by atoms with van der Waals surface area (Å²) in [6, 6.07) is 0.454. The molecule has 0 aliphatic carbocycles. The first-order chi connectivity index (χ1) is 5.88. The lowest BCUT2D eigenvalue weighted by Gasteiger charge is -2.21. The van der Waals surface area contributed by atoms with Crippen LogP contribution in [0.4, 0.5) is 0 Å². The van der Waals surface area contributed by atoms with Crippen LogP contribution in [-0.4, -0.2) is 28.0 Å². The van der Waals surface area contributed by atoms with Gasteiger partial charge in [0.25, 0.3) is 0 Å². The number of aromatic amines is 1. The number of hydrogen-bond acceptors (Lipinski definition) is 3. The molecule has 12 heavy (non-hydrogen) atoms. The van der Waals surface area contributed by atoms with E-state index in [1.165, 1.54) is 17.1 Å². The van der Waals surface area contributed by atoms with E-state index >= 15 is 0 Å². The molecule has 0 amide bonds. The average molecular weight is 183 g/mol. The molecule has 1 aromatic heterocycles. The lowest BCUT2D eigenvalue weighted by molar-refractivity contribution is 0.580. The van der Waals surface area contributed by atoms with Gasteiger partial charge in [-0.15, -0.1) is 0 Å². The van der Waals surface area contributed by atoms with Crippen LogP contribution in [0.5, 0.6) is 0 Å². The molecule has 1 aliphatic rings. The van der Waals surface area contributed by atoms with Crippen molar-refractivity contribution < 1.29 is 0 Å². The Balaban J connectivity index is 2.13. The van der Waals surface area contributed by atoms with Gasteiger partial charge in [0.05, 0.1) is 18.1 Å². The summed E-state index contributed by atoms with van der Waals surface area (Å²) in [4.78, 5) is 7.41. The minimum absolute atomic E-state index is 0.454. The molecule has 4 heteroatoms. The zero-order valence-corrected chi connectivity index (χ0v) is 7.95. The maximum Gasteiger partial charge on any atom is 0.0925 e. The lowest BCUT2D eigenvalue weighted by Crippen LogP contribution is -2.30. The van der Waals surface area contributed by atoms with E-state index in [1.807, 2.05) is 11.8 Å². The van der Waals surface area contributed by atoms with Gasteiger partial charge in [-0.2, -0.15) is 11.8 Å². The van der Waals surface area contributed by atoms with Gasteiger partial charge in [-0.3, -0.25) is 0 Å². The minimum Gasteiger partial charge on any atom is -0.348 e. The predicted octanol–water partition coefficient (Wildman–Crippen LogP) is 1.10. The number of nitrogens with zero attached hydrogens (tertiary/aromatic N) is 1. The van der Waals surface area contributed by atoms with Crippen LogP contribution < -0.4 is 5.32 Å². The zero-order valence-electron chi connectivity index (χ0n) is 7.13. The maximum atomic E-state index is 4.31. The molecule has 2 rings (SSSR count). The smallest absolute Gasteiger partial charge is 0.0925 e. The van der Waals surface area contributed by atoms with E-state index in [0.29, 0.717) is 6.04 Å². The Morgan fingerprint density at radius 1 is 1.67 bits per heavy atom. The summed E-state index contributed by atoms with van der Waals surface area (Å²) in [5.74, 6) is 2.37. The van der Waals surface area contributed by atoms with E-state index in [0.717, 1.165) is 12.3 Å². The Morgan fingerprint density at radius 3 is 3.17 bits per heavy atom. The van der Waals surface area contributed by atoms with Crippen LogP contribution >= 0.6 is 11.8 Å². The standard InChI is InChI=1S/C8H13N3S/c1-6-8(11-5-10-6)7-4-12-3-2-9-7/h5,7,9H,2-4H2,1H3,(H,10,11). The first kappa shape index (κ1) is 8.13. The molecule has 3 nitrogen and oxygen atoms in total. The summed E-state index contributed by atoms with van der Waals surface area (Å²) in [6.45, 7) is 3.17. The molecule has 1 aromatic rings. The summed E-state index contributed by atoms with van der Waals surface area (Å²) in [6.07, 6.45) is 1.77. The largest absolute Gasteiger partial charge is 0.348 e. The van der Waals surface area contributed by atoms with Gasteiger partial charge < -0.3 is 10.3 Å². The number of aryl methyl sites for hydroxylation is 1. The number of nitrogens with one attached hydrogen (secondary N) is 2. The van der Waals surface area contributed by atoms with E-state index in [1.54, 1.807) is 6.33 Å². The highest BCUT2D eigenvalue weighted by Gasteiger charge is 2.18. The summed E-state index contributed by atoms with van der Waals surface area (Å²) < 4.78 is 0. The van der Waals surface area contributed by atoms with Crippen molar-refractivity contribution >= 4 is 11.8 Å². The van der Waals surface area contributed by atoms with Crippen molar-refractivity contribution in [2.24, 2.45) is 0 Å². The van der Waals surface area contributed by atoms with Crippen LogP contribution in [0, 0.1) is 6.92 Å². The summed E-state index contributed by atoms with van der Waals surface area (Å²) in [7, 11) is 0. The molecule has 1 unspecified atom stereocenters. The van der Waals surface area contributed by atoms with E-state index in [2.05, 4.69) is 22.2 Å². The third kappa shape index (κ3) is 1.49. The topological polar surface area (TPSA) is 40.7 Å². The minimum atomic E-state index is 0.454. The molecular formula is C8H13N3S. The molecular weight excluding hydrogens is 170 g/mol. The number of H-pyrrole nitrogens is 1.